The van der Waals surface area contributed by atoms with Crippen LogP contribution in [0.5, 0.6) is 11.5 Å². The quantitative estimate of drug-likeness (QED) is 0.668. The number of aromatic nitrogens is 4. The van der Waals surface area contributed by atoms with Gasteiger partial charge < -0.3 is 19.7 Å². The molecule has 9 nitrogen and oxygen atoms in total. The second-order valence-electron chi connectivity index (χ2n) is 6.23. The van der Waals surface area contributed by atoms with Crippen molar-refractivity contribution in [1.82, 2.24) is 20.2 Å². The average Bonchev–Trinajstić information content (AvgIpc) is 3.15. The Morgan fingerprint density at radius 1 is 1.07 bits per heavy atom. The number of amides is 1. The summed E-state index contributed by atoms with van der Waals surface area (Å²) in [5, 5.41) is 15.0. The molecule has 0 atom stereocenters. The zero-order chi connectivity index (χ0) is 20.1. The lowest BCUT2D eigenvalue weighted by atomic mass is 10.2. The number of anilines is 2. The Hall–Kier alpha value is -3.62. The van der Waals surface area contributed by atoms with Gasteiger partial charge in [0.15, 0.2) is 0 Å². The minimum Gasteiger partial charge on any atom is -0.497 e. The maximum absolute atomic E-state index is 12.3. The van der Waals surface area contributed by atoms with E-state index in [4.69, 9.17) is 9.47 Å². The van der Waals surface area contributed by atoms with Gasteiger partial charge in [0, 0.05) is 49.2 Å². The lowest BCUT2D eigenvalue weighted by Crippen LogP contribution is -2.20. The fourth-order valence-corrected chi connectivity index (χ4v) is 2.54. The first-order valence-electron chi connectivity index (χ1n) is 8.57. The van der Waals surface area contributed by atoms with Crippen molar-refractivity contribution in [1.29, 1.82) is 0 Å². The predicted octanol–water partition coefficient (Wildman–Crippen LogP) is 2.06. The van der Waals surface area contributed by atoms with Crippen LogP contribution in [0.2, 0.25) is 0 Å². The summed E-state index contributed by atoms with van der Waals surface area (Å²) in [7, 11) is 7.04. The molecule has 1 aromatic heterocycles. The molecule has 0 aliphatic heterocycles. The number of rotatable bonds is 7. The van der Waals surface area contributed by atoms with Crippen LogP contribution in [0.3, 0.4) is 0 Å². The number of carbonyl (C=O) groups is 1. The zero-order valence-electron chi connectivity index (χ0n) is 16.2. The monoisotopic (exact) mass is 382 g/mol. The average molecular weight is 382 g/mol. The second kappa shape index (κ2) is 8.38. The molecule has 0 unspecified atom stereocenters. The smallest absolute Gasteiger partial charge is 0.248 e. The number of hydrogen-bond donors (Lipinski definition) is 1. The minimum absolute atomic E-state index is 0.0672. The molecule has 1 amide bonds. The summed E-state index contributed by atoms with van der Waals surface area (Å²) < 4.78 is 10.4. The fraction of sp³-hybridized carbons (Fsp3) is 0.263. The number of nitrogens with one attached hydrogen (secondary N) is 1. The number of methoxy groups -OCH3 is 2. The Labute approximate surface area is 162 Å². The number of nitrogens with zero attached hydrogens (tertiary/aromatic N) is 5. The van der Waals surface area contributed by atoms with Gasteiger partial charge in [0.1, 0.15) is 18.0 Å². The van der Waals surface area contributed by atoms with E-state index < -0.39 is 0 Å². The summed E-state index contributed by atoms with van der Waals surface area (Å²) in [4.78, 5) is 15.6. The van der Waals surface area contributed by atoms with Crippen molar-refractivity contribution >= 4 is 17.3 Å². The maximum atomic E-state index is 12.3. The summed E-state index contributed by atoms with van der Waals surface area (Å²) in [6.07, 6.45) is 0. The van der Waals surface area contributed by atoms with Gasteiger partial charge in [-0.2, -0.15) is 4.80 Å². The first kappa shape index (κ1) is 19.2. The number of carbonyl (C=O) groups excluding carboxylic acids is 1. The van der Waals surface area contributed by atoms with Crippen LogP contribution in [0, 0.1) is 0 Å². The molecule has 0 aliphatic carbocycles. The molecular formula is C19H22N6O3. The number of hydrogen-bond acceptors (Lipinski definition) is 7. The lowest BCUT2D eigenvalue weighted by Gasteiger charge is -2.11. The van der Waals surface area contributed by atoms with Crippen LogP contribution in [0.1, 0.15) is 0 Å². The minimum atomic E-state index is -0.290. The molecule has 0 aliphatic rings. The molecule has 2 aromatic carbocycles. The van der Waals surface area contributed by atoms with Crippen LogP contribution in [0.15, 0.2) is 42.5 Å². The van der Waals surface area contributed by atoms with Gasteiger partial charge in [-0.15, -0.1) is 10.2 Å². The summed E-state index contributed by atoms with van der Waals surface area (Å²) in [5.74, 6) is 1.33. The Morgan fingerprint density at radius 3 is 2.29 bits per heavy atom. The highest BCUT2D eigenvalue weighted by Gasteiger charge is 2.11. The molecule has 0 fully saturated rings. The predicted molar refractivity (Wildman–Crippen MR) is 106 cm³/mol. The molecule has 0 radical (unpaired) electrons. The van der Waals surface area contributed by atoms with E-state index in [0.717, 1.165) is 11.3 Å². The highest BCUT2D eigenvalue weighted by Crippen LogP contribution is 2.25. The molecular weight excluding hydrogens is 360 g/mol. The highest BCUT2D eigenvalue weighted by atomic mass is 16.5. The largest absolute Gasteiger partial charge is 0.497 e. The van der Waals surface area contributed by atoms with Crippen molar-refractivity contribution in [3.63, 3.8) is 0 Å². The summed E-state index contributed by atoms with van der Waals surface area (Å²) in [6.45, 7) is -0.0672. The summed E-state index contributed by atoms with van der Waals surface area (Å²) >= 11 is 0. The van der Waals surface area contributed by atoms with Crippen molar-refractivity contribution in [3.05, 3.63) is 42.5 Å². The van der Waals surface area contributed by atoms with Gasteiger partial charge in [-0.25, -0.2) is 0 Å². The Kier molecular flexibility index (Phi) is 5.73. The van der Waals surface area contributed by atoms with Crippen molar-refractivity contribution in [3.8, 4) is 22.9 Å². The van der Waals surface area contributed by atoms with Gasteiger partial charge >= 0.3 is 0 Å². The molecule has 1 N–H and O–H groups in total. The third kappa shape index (κ3) is 4.56. The molecule has 1 heterocycles. The van der Waals surface area contributed by atoms with Crippen molar-refractivity contribution in [2.45, 2.75) is 6.54 Å². The first-order chi connectivity index (χ1) is 13.5. The third-order valence-electron chi connectivity index (χ3n) is 4.01. The molecule has 0 saturated heterocycles. The third-order valence-corrected chi connectivity index (χ3v) is 4.01. The van der Waals surface area contributed by atoms with Gasteiger partial charge in [-0.3, -0.25) is 4.79 Å². The summed E-state index contributed by atoms with van der Waals surface area (Å²) in [5.41, 5.74) is 2.46. The lowest BCUT2D eigenvalue weighted by molar-refractivity contribution is -0.117. The Morgan fingerprint density at radius 2 is 1.71 bits per heavy atom. The SMILES string of the molecule is COc1cc(NC(=O)Cn2nnc(-c3ccc(N(C)C)cc3)n2)cc(OC)c1. The normalized spacial score (nSPS) is 10.4. The molecule has 0 spiro atoms. The molecule has 0 saturated carbocycles. The van der Waals surface area contributed by atoms with Crippen LogP contribution in [-0.4, -0.2) is 54.4 Å². The van der Waals surface area contributed by atoms with Gasteiger partial charge in [0.2, 0.25) is 11.7 Å². The fourth-order valence-electron chi connectivity index (χ4n) is 2.54. The van der Waals surface area contributed by atoms with Gasteiger partial charge in [0.05, 0.1) is 14.2 Å². The molecule has 28 heavy (non-hydrogen) atoms. The van der Waals surface area contributed by atoms with E-state index in [1.165, 1.54) is 4.80 Å². The van der Waals surface area contributed by atoms with Crippen LogP contribution in [0.4, 0.5) is 11.4 Å². The van der Waals surface area contributed by atoms with E-state index >= 15 is 0 Å². The van der Waals surface area contributed by atoms with Gasteiger partial charge in [0.25, 0.3) is 0 Å². The van der Waals surface area contributed by atoms with Crippen molar-refractivity contribution in [2.24, 2.45) is 0 Å². The van der Waals surface area contributed by atoms with E-state index in [9.17, 15) is 4.79 Å². The molecule has 3 rings (SSSR count). The molecule has 9 heteroatoms. The van der Waals surface area contributed by atoms with E-state index in [1.54, 1.807) is 32.4 Å². The van der Waals surface area contributed by atoms with Crippen LogP contribution < -0.4 is 19.7 Å². The van der Waals surface area contributed by atoms with Gasteiger partial charge in [-0.1, -0.05) is 0 Å². The maximum Gasteiger partial charge on any atom is 0.248 e. The standard InChI is InChI=1S/C19H22N6O3/c1-24(2)15-7-5-13(6-8-15)19-21-23-25(22-19)12-18(26)20-14-9-16(27-3)11-17(10-14)28-4/h5-11H,12H2,1-4H3,(H,20,26). The number of ether oxygens (including phenoxy) is 2. The summed E-state index contributed by atoms with van der Waals surface area (Å²) in [6, 6.07) is 12.9. The number of tetrazole rings is 1. The van der Waals surface area contributed by atoms with Gasteiger partial charge in [-0.05, 0) is 29.5 Å². The topological polar surface area (TPSA) is 94.4 Å². The highest BCUT2D eigenvalue weighted by molar-refractivity contribution is 5.90. The van der Waals surface area contributed by atoms with E-state index in [0.29, 0.717) is 23.0 Å². The van der Waals surface area contributed by atoms with Crippen LogP contribution >= 0.6 is 0 Å². The van der Waals surface area contributed by atoms with Crippen molar-refractivity contribution < 1.29 is 14.3 Å². The van der Waals surface area contributed by atoms with Crippen LogP contribution in [-0.2, 0) is 11.3 Å². The molecule has 0 bridgehead atoms. The first-order valence-corrected chi connectivity index (χ1v) is 8.57. The Balaban J connectivity index is 1.67. The van der Waals surface area contributed by atoms with E-state index in [1.807, 2.05) is 43.3 Å². The zero-order valence-corrected chi connectivity index (χ0v) is 16.2. The number of benzene rings is 2. The van der Waals surface area contributed by atoms with Crippen molar-refractivity contribution in [2.75, 3.05) is 38.5 Å². The van der Waals surface area contributed by atoms with Crippen LogP contribution in [0.25, 0.3) is 11.4 Å². The Bertz CT molecular complexity index is 930. The molecule has 146 valence electrons. The molecule has 3 aromatic rings. The van der Waals surface area contributed by atoms with E-state index in [-0.39, 0.29) is 12.5 Å². The van der Waals surface area contributed by atoms with E-state index in [2.05, 4.69) is 20.7 Å². The second-order valence-corrected chi connectivity index (χ2v) is 6.23.